The second kappa shape index (κ2) is 4.92. The molecule has 0 amide bonds. The van der Waals surface area contributed by atoms with E-state index in [2.05, 4.69) is 34.6 Å². The Labute approximate surface area is 102 Å². The molecule has 0 aliphatic heterocycles. The molecular formula is C15H20N2. The molecule has 1 aliphatic carbocycles. The van der Waals surface area contributed by atoms with Gasteiger partial charge in [0.2, 0.25) is 0 Å². The number of fused-ring (bicyclic) bond motifs is 1. The largest absolute Gasteiger partial charge is 0.361 e. The van der Waals surface area contributed by atoms with Crippen molar-refractivity contribution in [1.29, 1.82) is 0 Å². The van der Waals surface area contributed by atoms with E-state index >= 15 is 0 Å². The third kappa shape index (κ3) is 2.70. The lowest BCUT2D eigenvalue weighted by Gasteiger charge is -2.06. The third-order valence-electron chi connectivity index (χ3n) is 3.66. The highest BCUT2D eigenvalue weighted by Crippen LogP contribution is 2.33. The Morgan fingerprint density at radius 2 is 2.18 bits per heavy atom. The van der Waals surface area contributed by atoms with Crippen molar-refractivity contribution in [2.45, 2.75) is 32.2 Å². The number of hydrogen-bond acceptors (Lipinski definition) is 1. The Morgan fingerprint density at radius 3 is 3.06 bits per heavy atom. The van der Waals surface area contributed by atoms with Crippen molar-refractivity contribution in [2.75, 3.05) is 6.54 Å². The molecule has 0 saturated heterocycles. The quantitative estimate of drug-likeness (QED) is 0.728. The molecule has 0 bridgehead atoms. The minimum Gasteiger partial charge on any atom is -0.361 e. The van der Waals surface area contributed by atoms with Crippen LogP contribution in [0.15, 0.2) is 30.5 Å². The number of rotatable bonds is 6. The predicted octanol–water partition coefficient (Wildman–Crippen LogP) is 3.45. The first kappa shape index (κ1) is 10.8. The summed E-state index contributed by atoms with van der Waals surface area (Å²) in [6, 6.07) is 8.63. The summed E-state index contributed by atoms with van der Waals surface area (Å²) in [5.74, 6) is 1.06. The minimum atomic E-state index is 0.986. The van der Waals surface area contributed by atoms with Crippen LogP contribution in [0.5, 0.6) is 0 Å². The van der Waals surface area contributed by atoms with E-state index in [1.807, 2.05) is 6.20 Å². The summed E-state index contributed by atoms with van der Waals surface area (Å²) >= 11 is 0. The van der Waals surface area contributed by atoms with E-state index in [1.165, 1.54) is 42.1 Å². The Kier molecular flexibility index (Phi) is 3.14. The molecule has 0 atom stereocenters. The molecule has 2 aromatic rings. The number of nitrogens with one attached hydrogen (secondary N) is 2. The monoisotopic (exact) mass is 228 g/mol. The van der Waals surface area contributed by atoms with E-state index in [4.69, 9.17) is 0 Å². The maximum Gasteiger partial charge on any atom is 0.0457 e. The molecule has 90 valence electrons. The summed E-state index contributed by atoms with van der Waals surface area (Å²) in [4.78, 5) is 3.26. The molecule has 3 rings (SSSR count). The fraction of sp³-hybridized carbons (Fsp3) is 0.467. The zero-order valence-corrected chi connectivity index (χ0v) is 10.2. The van der Waals surface area contributed by atoms with Gasteiger partial charge < -0.3 is 10.3 Å². The molecule has 1 aromatic heterocycles. The Bertz CT molecular complexity index is 482. The van der Waals surface area contributed by atoms with Gasteiger partial charge in [-0.2, -0.15) is 0 Å². The van der Waals surface area contributed by atoms with Gasteiger partial charge in [0.1, 0.15) is 0 Å². The van der Waals surface area contributed by atoms with E-state index in [0.29, 0.717) is 0 Å². The summed E-state index contributed by atoms with van der Waals surface area (Å²) in [7, 11) is 0. The van der Waals surface area contributed by atoms with Crippen molar-refractivity contribution in [3.05, 3.63) is 36.0 Å². The van der Waals surface area contributed by atoms with Gasteiger partial charge >= 0.3 is 0 Å². The van der Waals surface area contributed by atoms with E-state index in [9.17, 15) is 0 Å². The lowest BCUT2D eigenvalue weighted by molar-refractivity contribution is 0.595. The van der Waals surface area contributed by atoms with Crippen molar-refractivity contribution >= 4 is 10.9 Å². The lowest BCUT2D eigenvalue weighted by atomic mass is 10.1. The van der Waals surface area contributed by atoms with Gasteiger partial charge in [-0.05, 0) is 43.0 Å². The molecule has 0 spiro atoms. The number of aromatic amines is 1. The zero-order chi connectivity index (χ0) is 11.5. The smallest absolute Gasteiger partial charge is 0.0457 e. The van der Waals surface area contributed by atoms with Gasteiger partial charge in [-0.3, -0.25) is 0 Å². The van der Waals surface area contributed by atoms with Crippen molar-refractivity contribution in [3.8, 4) is 0 Å². The fourth-order valence-electron chi connectivity index (χ4n) is 2.45. The number of H-pyrrole nitrogens is 1. The summed E-state index contributed by atoms with van der Waals surface area (Å²) < 4.78 is 0. The van der Waals surface area contributed by atoms with Crippen LogP contribution in [0.3, 0.4) is 0 Å². The molecule has 1 fully saturated rings. The summed E-state index contributed by atoms with van der Waals surface area (Å²) in [5.41, 5.74) is 2.64. The van der Waals surface area contributed by atoms with Gasteiger partial charge in [-0.1, -0.05) is 25.0 Å². The number of hydrogen-bond donors (Lipinski definition) is 2. The molecule has 1 saturated carbocycles. The molecule has 2 N–H and O–H groups in total. The van der Waals surface area contributed by atoms with Crippen LogP contribution in [0.2, 0.25) is 0 Å². The minimum absolute atomic E-state index is 0.986. The maximum atomic E-state index is 3.55. The van der Waals surface area contributed by atoms with Crippen LogP contribution in [-0.2, 0) is 6.54 Å². The van der Waals surface area contributed by atoms with Crippen LogP contribution in [0, 0.1) is 5.92 Å². The van der Waals surface area contributed by atoms with Gasteiger partial charge in [0.05, 0.1) is 0 Å². The van der Waals surface area contributed by atoms with Gasteiger partial charge in [-0.15, -0.1) is 0 Å². The molecule has 2 heteroatoms. The van der Waals surface area contributed by atoms with Crippen LogP contribution in [-0.4, -0.2) is 11.5 Å². The molecule has 1 aromatic carbocycles. The van der Waals surface area contributed by atoms with Crippen molar-refractivity contribution in [1.82, 2.24) is 10.3 Å². The normalized spacial score (nSPS) is 15.5. The summed E-state index contributed by atoms with van der Waals surface area (Å²) in [5, 5.41) is 4.90. The predicted molar refractivity (Wildman–Crippen MR) is 72.0 cm³/mol. The molecule has 0 radical (unpaired) electrons. The summed E-state index contributed by atoms with van der Waals surface area (Å²) in [6.45, 7) is 2.14. The highest BCUT2D eigenvalue weighted by atomic mass is 14.8. The lowest BCUT2D eigenvalue weighted by Crippen LogP contribution is -2.14. The highest BCUT2D eigenvalue weighted by molar-refractivity contribution is 5.82. The van der Waals surface area contributed by atoms with Crippen LogP contribution in [0.25, 0.3) is 10.9 Å². The molecule has 0 unspecified atom stereocenters. The van der Waals surface area contributed by atoms with E-state index in [-0.39, 0.29) is 0 Å². The molecule has 17 heavy (non-hydrogen) atoms. The van der Waals surface area contributed by atoms with Gasteiger partial charge in [0.25, 0.3) is 0 Å². The zero-order valence-electron chi connectivity index (χ0n) is 10.2. The third-order valence-corrected chi connectivity index (χ3v) is 3.66. The topological polar surface area (TPSA) is 27.8 Å². The maximum absolute atomic E-state index is 3.55. The molecule has 1 aliphatic rings. The van der Waals surface area contributed by atoms with Gasteiger partial charge in [0.15, 0.2) is 0 Å². The van der Waals surface area contributed by atoms with Crippen LogP contribution >= 0.6 is 0 Å². The first-order valence-corrected chi connectivity index (χ1v) is 6.69. The SMILES string of the molecule is c1cc(CNCCCC2CC2)c2cc[nH]c2c1. The van der Waals surface area contributed by atoms with E-state index in [0.717, 1.165) is 19.0 Å². The highest BCUT2D eigenvalue weighted by Gasteiger charge is 2.19. The van der Waals surface area contributed by atoms with Crippen LogP contribution in [0.4, 0.5) is 0 Å². The Morgan fingerprint density at radius 1 is 1.24 bits per heavy atom. The van der Waals surface area contributed by atoms with Gasteiger partial charge in [-0.25, -0.2) is 0 Å². The standard InChI is InChI=1S/C15H20N2/c1-4-13(14-8-10-17-15(14)5-1)11-16-9-2-3-12-6-7-12/h1,4-5,8,10,12,16-17H,2-3,6-7,9,11H2. The molecular weight excluding hydrogens is 208 g/mol. The average molecular weight is 228 g/mol. The fourth-order valence-corrected chi connectivity index (χ4v) is 2.45. The first-order chi connectivity index (χ1) is 8.43. The Hall–Kier alpha value is -1.28. The van der Waals surface area contributed by atoms with E-state index in [1.54, 1.807) is 0 Å². The van der Waals surface area contributed by atoms with Crippen LogP contribution in [0.1, 0.15) is 31.2 Å². The molecule has 1 heterocycles. The van der Waals surface area contributed by atoms with E-state index < -0.39 is 0 Å². The van der Waals surface area contributed by atoms with Crippen LogP contribution < -0.4 is 5.32 Å². The van der Waals surface area contributed by atoms with Crippen molar-refractivity contribution in [2.24, 2.45) is 5.92 Å². The first-order valence-electron chi connectivity index (χ1n) is 6.69. The average Bonchev–Trinajstić information content (AvgIpc) is 3.04. The second-order valence-corrected chi connectivity index (χ2v) is 5.12. The number of benzene rings is 1. The van der Waals surface area contributed by atoms with Crippen molar-refractivity contribution < 1.29 is 0 Å². The Balaban J connectivity index is 1.51. The van der Waals surface area contributed by atoms with Crippen molar-refractivity contribution in [3.63, 3.8) is 0 Å². The number of aromatic nitrogens is 1. The second-order valence-electron chi connectivity index (χ2n) is 5.12. The summed E-state index contributed by atoms with van der Waals surface area (Å²) in [6.07, 6.45) is 7.71. The van der Waals surface area contributed by atoms with Gasteiger partial charge in [0, 0.05) is 23.6 Å². The molecule has 2 nitrogen and oxygen atoms in total.